The zero-order chi connectivity index (χ0) is 31.0. The van der Waals surface area contributed by atoms with Crippen molar-refractivity contribution in [1.29, 1.82) is 0 Å². The Bertz CT molecular complexity index is 934. The Balaban J connectivity index is 1.89. The molecule has 3 aliphatic rings. The molecule has 0 N–H and O–H groups in total. The number of allylic oxidation sites excluding steroid dienone is 3. The van der Waals surface area contributed by atoms with E-state index in [0.717, 1.165) is 30.6 Å². The molecule has 0 aliphatic heterocycles. The summed E-state index contributed by atoms with van der Waals surface area (Å²) < 4.78 is 14.2. The number of hydrogen-bond acceptors (Lipinski definition) is 2. The lowest BCUT2D eigenvalue weighted by atomic mass is 9.60. The quantitative estimate of drug-likeness (QED) is 0.193. The number of hydrogen-bond donors (Lipinski definition) is 0. The lowest BCUT2D eigenvalue weighted by Crippen LogP contribution is -2.49. The predicted octanol–water partition coefficient (Wildman–Crippen LogP) is 12.0. The van der Waals surface area contributed by atoms with Gasteiger partial charge in [-0.25, -0.2) is 0 Å². The molecular formula is C37H68O2Si2. The maximum Gasteiger partial charge on any atom is 0.192 e. The number of fused-ring (bicyclic) bond motifs is 1. The lowest BCUT2D eigenvalue weighted by Gasteiger charge is -2.46. The maximum atomic E-state index is 7.08. The molecule has 3 fully saturated rings. The van der Waals surface area contributed by atoms with Crippen LogP contribution in [0.2, 0.25) is 36.3 Å². The second-order valence-electron chi connectivity index (χ2n) is 17.5. The van der Waals surface area contributed by atoms with Crippen LogP contribution >= 0.6 is 0 Å². The molecule has 6 atom stereocenters. The van der Waals surface area contributed by atoms with Gasteiger partial charge in [0.15, 0.2) is 16.6 Å². The van der Waals surface area contributed by atoms with Gasteiger partial charge in [0, 0.05) is 0 Å². The Hall–Kier alpha value is -0.426. The summed E-state index contributed by atoms with van der Waals surface area (Å²) in [7, 11) is -3.89. The van der Waals surface area contributed by atoms with Crippen molar-refractivity contribution in [3.05, 3.63) is 35.5 Å². The monoisotopic (exact) mass is 600 g/mol. The van der Waals surface area contributed by atoms with Crippen molar-refractivity contribution < 1.29 is 8.85 Å². The molecule has 0 aromatic carbocycles. The SMILES string of the molecule is C=C1[C@H](O[Si](C)(C)C(C)(C)C)CC(=CC=C2CCC[C@]3(C)[C@@H]([C@H](C)CCCC)CC[C@@H]23)C[C@H]1O[Si](C)(C)C(C)(C)C. The highest BCUT2D eigenvalue weighted by atomic mass is 28.4. The van der Waals surface area contributed by atoms with Crippen molar-refractivity contribution in [3.63, 3.8) is 0 Å². The highest BCUT2D eigenvalue weighted by Gasteiger charge is 2.50. The molecule has 0 spiro atoms. The minimum atomic E-state index is -1.95. The zero-order valence-corrected chi connectivity index (χ0v) is 31.6. The number of rotatable bonds is 9. The number of unbranched alkanes of at least 4 members (excludes halogenated alkanes) is 1. The van der Waals surface area contributed by atoms with Crippen LogP contribution in [0.15, 0.2) is 35.5 Å². The Morgan fingerprint density at radius 1 is 0.927 bits per heavy atom. The van der Waals surface area contributed by atoms with Crippen molar-refractivity contribution in [3.8, 4) is 0 Å². The van der Waals surface area contributed by atoms with Crippen LogP contribution in [0.3, 0.4) is 0 Å². The summed E-state index contributed by atoms with van der Waals surface area (Å²) in [6, 6.07) is 0. The van der Waals surface area contributed by atoms with E-state index in [4.69, 9.17) is 8.85 Å². The summed E-state index contributed by atoms with van der Waals surface area (Å²) in [5.41, 5.74) is 4.88. The first kappa shape index (κ1) is 35.1. The highest BCUT2D eigenvalue weighted by molar-refractivity contribution is 6.74. The molecular weight excluding hydrogens is 533 g/mol. The third-order valence-electron chi connectivity index (χ3n) is 12.5. The van der Waals surface area contributed by atoms with E-state index in [0.29, 0.717) is 5.41 Å². The first-order chi connectivity index (χ1) is 18.7. The van der Waals surface area contributed by atoms with Crippen LogP contribution in [0.25, 0.3) is 0 Å². The van der Waals surface area contributed by atoms with Gasteiger partial charge >= 0.3 is 0 Å². The Kier molecular flexibility index (Phi) is 11.0. The van der Waals surface area contributed by atoms with E-state index in [2.05, 4.69) is 107 Å². The zero-order valence-electron chi connectivity index (χ0n) is 29.6. The molecule has 0 bridgehead atoms. The van der Waals surface area contributed by atoms with Gasteiger partial charge in [-0.1, -0.05) is 111 Å². The van der Waals surface area contributed by atoms with Gasteiger partial charge in [-0.3, -0.25) is 0 Å². The Labute approximate surface area is 258 Å². The summed E-state index contributed by atoms with van der Waals surface area (Å²) in [6.45, 7) is 35.7. The topological polar surface area (TPSA) is 18.5 Å². The summed E-state index contributed by atoms with van der Waals surface area (Å²) >= 11 is 0. The Morgan fingerprint density at radius 3 is 1.95 bits per heavy atom. The molecule has 0 aromatic rings. The fourth-order valence-corrected chi connectivity index (χ4v) is 10.2. The largest absolute Gasteiger partial charge is 0.410 e. The molecule has 0 amide bonds. The van der Waals surface area contributed by atoms with E-state index in [1.807, 2.05) is 0 Å². The average molecular weight is 601 g/mol. The normalized spacial score (nSPS) is 31.9. The maximum absolute atomic E-state index is 7.08. The van der Waals surface area contributed by atoms with Crippen LogP contribution in [0.5, 0.6) is 0 Å². The molecule has 4 heteroatoms. The van der Waals surface area contributed by atoms with Gasteiger partial charge in [0.25, 0.3) is 0 Å². The summed E-state index contributed by atoms with van der Waals surface area (Å²) in [4.78, 5) is 0. The van der Waals surface area contributed by atoms with Gasteiger partial charge in [0.2, 0.25) is 0 Å². The first-order valence-corrected chi connectivity index (χ1v) is 23.0. The smallest absolute Gasteiger partial charge is 0.192 e. The molecule has 41 heavy (non-hydrogen) atoms. The molecule has 0 aromatic heterocycles. The minimum Gasteiger partial charge on any atom is -0.410 e. The Morgan fingerprint density at radius 2 is 1.46 bits per heavy atom. The van der Waals surface area contributed by atoms with Crippen molar-refractivity contribution in [2.24, 2.45) is 23.2 Å². The van der Waals surface area contributed by atoms with Gasteiger partial charge < -0.3 is 8.85 Å². The van der Waals surface area contributed by atoms with Crippen molar-refractivity contribution in [1.82, 2.24) is 0 Å². The van der Waals surface area contributed by atoms with Crippen LogP contribution in [-0.2, 0) is 8.85 Å². The molecule has 3 rings (SSSR count). The minimum absolute atomic E-state index is 0.0518. The van der Waals surface area contributed by atoms with E-state index in [1.54, 1.807) is 5.57 Å². The van der Waals surface area contributed by atoms with Gasteiger partial charge in [0.05, 0.1) is 12.2 Å². The molecule has 0 unspecified atom stereocenters. The second-order valence-corrected chi connectivity index (χ2v) is 27.0. The molecule has 2 nitrogen and oxygen atoms in total. The van der Waals surface area contributed by atoms with E-state index >= 15 is 0 Å². The molecule has 3 aliphatic carbocycles. The summed E-state index contributed by atoms with van der Waals surface area (Å²) in [6.07, 6.45) is 18.1. The molecule has 0 heterocycles. The lowest BCUT2D eigenvalue weighted by molar-refractivity contribution is 0.0934. The van der Waals surface area contributed by atoms with Crippen LogP contribution in [-0.4, -0.2) is 28.8 Å². The molecule has 0 radical (unpaired) electrons. The van der Waals surface area contributed by atoms with Crippen LogP contribution in [0.4, 0.5) is 0 Å². The van der Waals surface area contributed by atoms with Crippen LogP contribution in [0.1, 0.15) is 127 Å². The van der Waals surface area contributed by atoms with E-state index in [9.17, 15) is 0 Å². The molecule has 236 valence electrons. The fourth-order valence-electron chi connectivity index (χ4n) is 7.63. The van der Waals surface area contributed by atoms with Crippen molar-refractivity contribution >= 4 is 16.6 Å². The summed E-state index contributed by atoms with van der Waals surface area (Å²) in [5.74, 6) is 2.51. The van der Waals surface area contributed by atoms with Gasteiger partial charge in [-0.2, -0.15) is 0 Å². The van der Waals surface area contributed by atoms with Crippen molar-refractivity contribution in [2.75, 3.05) is 0 Å². The third-order valence-corrected chi connectivity index (χ3v) is 21.5. The first-order valence-electron chi connectivity index (χ1n) is 17.2. The average Bonchev–Trinajstić information content (AvgIpc) is 3.19. The second kappa shape index (κ2) is 12.9. The van der Waals surface area contributed by atoms with Crippen LogP contribution < -0.4 is 0 Å². The van der Waals surface area contributed by atoms with Crippen molar-refractivity contribution in [2.45, 2.75) is 175 Å². The van der Waals surface area contributed by atoms with Gasteiger partial charge in [0.1, 0.15) is 0 Å². The van der Waals surface area contributed by atoms with E-state index in [1.165, 1.54) is 62.5 Å². The van der Waals surface area contributed by atoms with Gasteiger partial charge in [-0.05, 0) is 110 Å². The van der Waals surface area contributed by atoms with Crippen LogP contribution in [0, 0.1) is 23.2 Å². The predicted molar refractivity (Wildman–Crippen MR) is 186 cm³/mol. The fraction of sp³-hybridized carbons (Fsp3) is 0.838. The molecule has 3 saturated carbocycles. The third kappa shape index (κ3) is 7.81. The van der Waals surface area contributed by atoms with E-state index in [-0.39, 0.29) is 22.3 Å². The van der Waals surface area contributed by atoms with Gasteiger partial charge in [-0.15, -0.1) is 0 Å². The van der Waals surface area contributed by atoms with E-state index < -0.39 is 16.6 Å². The highest BCUT2D eigenvalue weighted by Crippen LogP contribution is 2.60. The molecule has 0 saturated heterocycles. The standard InChI is InChI=1S/C37H68O2Si2/c1-15-16-18-27(2)31-22-23-32-30(19-17-24-37(31,32)10)21-20-29-25-33(38-40(11,12)35(4,5)6)28(3)34(26-29)39-41(13,14)36(7,8)9/h20-21,27,31-34H,3,15-19,22-26H2,1-2,4-14H3/t27-,31-,32+,33-,34-,37-/m1/s1. The summed E-state index contributed by atoms with van der Waals surface area (Å²) in [5, 5.41) is 0.346.